The van der Waals surface area contributed by atoms with Gasteiger partial charge in [0.1, 0.15) is 0 Å². The van der Waals surface area contributed by atoms with Gasteiger partial charge < -0.3 is 9.13 Å². The van der Waals surface area contributed by atoms with E-state index in [1.54, 1.807) is 11.6 Å². The first kappa shape index (κ1) is 9.70. The van der Waals surface area contributed by atoms with Crippen LogP contribution in [0.5, 0.6) is 0 Å². The van der Waals surface area contributed by atoms with Crippen LogP contribution < -0.4 is 5.56 Å². The molecule has 3 rings (SSSR count). The number of hydrogen-bond donors (Lipinski definition) is 0. The Balaban J connectivity index is 2.33. The van der Waals surface area contributed by atoms with Gasteiger partial charge in [-0.25, -0.2) is 0 Å². The number of fused-ring (bicyclic) bond motifs is 3. The van der Waals surface area contributed by atoms with Gasteiger partial charge in [-0.2, -0.15) is 0 Å². The second-order valence-electron chi connectivity index (χ2n) is 5.59. The molecule has 0 atom stereocenters. The van der Waals surface area contributed by atoms with Crippen molar-refractivity contribution in [1.82, 2.24) is 9.13 Å². The van der Waals surface area contributed by atoms with Gasteiger partial charge in [-0.05, 0) is 24.0 Å². The van der Waals surface area contributed by atoms with Crippen LogP contribution in [-0.4, -0.2) is 9.13 Å². The van der Waals surface area contributed by atoms with Gasteiger partial charge in [0.2, 0.25) is 0 Å². The summed E-state index contributed by atoms with van der Waals surface area (Å²) < 4.78 is 3.93. The summed E-state index contributed by atoms with van der Waals surface area (Å²) in [4.78, 5) is 11.9. The third-order valence-electron chi connectivity index (χ3n) is 3.48. The Hall–Kier alpha value is -1.51. The van der Waals surface area contributed by atoms with Crippen LogP contribution in [0.2, 0.25) is 0 Å². The zero-order valence-corrected chi connectivity index (χ0v) is 9.95. The van der Waals surface area contributed by atoms with Crippen molar-refractivity contribution in [3.63, 3.8) is 0 Å². The fourth-order valence-electron chi connectivity index (χ4n) is 2.72. The average molecular weight is 216 g/mol. The molecule has 3 heteroatoms. The minimum atomic E-state index is 0.109. The third-order valence-corrected chi connectivity index (χ3v) is 3.48. The van der Waals surface area contributed by atoms with Gasteiger partial charge in [0.15, 0.2) is 0 Å². The first-order valence-corrected chi connectivity index (χ1v) is 5.66. The summed E-state index contributed by atoms with van der Waals surface area (Å²) in [6, 6.07) is 4.11. The lowest BCUT2D eigenvalue weighted by atomic mass is 9.91. The van der Waals surface area contributed by atoms with Crippen LogP contribution in [0, 0.1) is 5.41 Å². The second-order valence-corrected chi connectivity index (χ2v) is 5.59. The number of aryl methyl sites for hydroxylation is 1. The van der Waals surface area contributed by atoms with E-state index in [0.29, 0.717) is 5.41 Å². The van der Waals surface area contributed by atoms with E-state index in [9.17, 15) is 4.79 Å². The van der Waals surface area contributed by atoms with Crippen molar-refractivity contribution < 1.29 is 0 Å². The average Bonchev–Trinajstić information content (AvgIpc) is 2.64. The smallest absolute Gasteiger partial charge is 0.259 e. The van der Waals surface area contributed by atoms with Crippen LogP contribution >= 0.6 is 0 Å². The highest BCUT2D eigenvalue weighted by Crippen LogP contribution is 2.35. The Morgan fingerprint density at radius 1 is 1.38 bits per heavy atom. The van der Waals surface area contributed by atoms with Crippen molar-refractivity contribution >= 4 is 10.9 Å². The van der Waals surface area contributed by atoms with E-state index in [2.05, 4.69) is 24.5 Å². The third kappa shape index (κ3) is 1.17. The SMILES string of the molecule is Cn1ccc2c(cc3n2CC(C)(C)C3)c1=O. The maximum Gasteiger partial charge on any atom is 0.259 e. The van der Waals surface area contributed by atoms with Gasteiger partial charge >= 0.3 is 0 Å². The molecule has 0 unspecified atom stereocenters. The fraction of sp³-hybridized carbons (Fsp3) is 0.462. The summed E-state index contributed by atoms with van der Waals surface area (Å²) in [5.41, 5.74) is 2.81. The summed E-state index contributed by atoms with van der Waals surface area (Å²) in [6.45, 7) is 5.55. The summed E-state index contributed by atoms with van der Waals surface area (Å²) in [6.07, 6.45) is 2.91. The molecule has 0 radical (unpaired) electrons. The summed E-state index contributed by atoms with van der Waals surface area (Å²) in [7, 11) is 1.80. The first-order valence-electron chi connectivity index (χ1n) is 5.66. The Bertz CT molecular complexity index is 631. The number of pyridine rings is 1. The van der Waals surface area contributed by atoms with Gasteiger partial charge in [0, 0.05) is 25.5 Å². The lowest BCUT2D eigenvalue weighted by Crippen LogP contribution is -2.17. The minimum absolute atomic E-state index is 0.109. The standard InChI is InChI=1S/C13H16N2O/c1-13(2)7-9-6-10-11(15(9)8-13)4-5-14(3)12(10)16/h4-6H,7-8H2,1-3H3. The topological polar surface area (TPSA) is 26.9 Å². The molecule has 0 aromatic carbocycles. The molecular weight excluding hydrogens is 200 g/mol. The van der Waals surface area contributed by atoms with Crippen LogP contribution in [0.4, 0.5) is 0 Å². The number of nitrogens with zero attached hydrogens (tertiary/aromatic N) is 2. The number of hydrogen-bond acceptors (Lipinski definition) is 1. The van der Waals surface area contributed by atoms with Crippen LogP contribution in [0.3, 0.4) is 0 Å². The Morgan fingerprint density at radius 3 is 2.88 bits per heavy atom. The minimum Gasteiger partial charge on any atom is -0.344 e. The summed E-state index contributed by atoms with van der Waals surface area (Å²) in [5, 5.41) is 0.857. The lowest BCUT2D eigenvalue weighted by Gasteiger charge is -2.15. The summed E-state index contributed by atoms with van der Waals surface area (Å²) >= 11 is 0. The van der Waals surface area contributed by atoms with Crippen molar-refractivity contribution in [2.45, 2.75) is 26.8 Å². The van der Waals surface area contributed by atoms with Gasteiger partial charge in [-0.3, -0.25) is 4.79 Å². The quantitative estimate of drug-likeness (QED) is 0.661. The highest BCUT2D eigenvalue weighted by atomic mass is 16.1. The molecule has 0 bridgehead atoms. The molecule has 0 saturated heterocycles. The van der Waals surface area contributed by atoms with Crippen LogP contribution in [0.25, 0.3) is 10.9 Å². The number of rotatable bonds is 0. The maximum absolute atomic E-state index is 11.9. The highest BCUT2D eigenvalue weighted by Gasteiger charge is 2.30. The van der Waals surface area contributed by atoms with E-state index in [1.165, 1.54) is 5.69 Å². The van der Waals surface area contributed by atoms with Gasteiger partial charge in [-0.15, -0.1) is 0 Å². The van der Waals surface area contributed by atoms with E-state index in [1.807, 2.05) is 12.3 Å². The van der Waals surface area contributed by atoms with Crippen molar-refractivity contribution in [3.05, 3.63) is 34.4 Å². The molecule has 3 nitrogen and oxygen atoms in total. The molecular formula is C13H16N2O. The van der Waals surface area contributed by atoms with E-state index in [-0.39, 0.29) is 5.56 Å². The molecule has 1 aliphatic heterocycles. The number of aromatic nitrogens is 2. The van der Waals surface area contributed by atoms with Crippen LogP contribution in [0.1, 0.15) is 19.5 Å². The molecule has 2 aromatic heterocycles. The zero-order chi connectivity index (χ0) is 11.5. The lowest BCUT2D eigenvalue weighted by molar-refractivity contribution is 0.362. The van der Waals surface area contributed by atoms with Crippen molar-refractivity contribution in [3.8, 4) is 0 Å². The molecule has 0 spiro atoms. The molecule has 84 valence electrons. The molecule has 0 amide bonds. The summed E-state index contributed by atoms with van der Waals surface area (Å²) in [5.74, 6) is 0. The van der Waals surface area contributed by atoms with E-state index >= 15 is 0 Å². The largest absolute Gasteiger partial charge is 0.344 e. The van der Waals surface area contributed by atoms with Crippen LogP contribution in [0.15, 0.2) is 23.1 Å². The van der Waals surface area contributed by atoms with Gasteiger partial charge in [0.05, 0.1) is 10.9 Å². The maximum atomic E-state index is 11.9. The van der Waals surface area contributed by atoms with E-state index in [0.717, 1.165) is 23.9 Å². The van der Waals surface area contributed by atoms with E-state index in [4.69, 9.17) is 0 Å². The van der Waals surface area contributed by atoms with Crippen molar-refractivity contribution in [2.24, 2.45) is 12.5 Å². The van der Waals surface area contributed by atoms with E-state index < -0.39 is 0 Å². The normalized spacial score (nSPS) is 17.9. The fourth-order valence-corrected chi connectivity index (χ4v) is 2.72. The Labute approximate surface area is 94.3 Å². The molecule has 16 heavy (non-hydrogen) atoms. The predicted molar refractivity (Wildman–Crippen MR) is 64.7 cm³/mol. The molecule has 2 aromatic rings. The van der Waals surface area contributed by atoms with Crippen molar-refractivity contribution in [2.75, 3.05) is 0 Å². The second kappa shape index (κ2) is 2.78. The molecule has 3 heterocycles. The monoisotopic (exact) mass is 216 g/mol. The van der Waals surface area contributed by atoms with Gasteiger partial charge in [-0.1, -0.05) is 13.8 Å². The molecule has 0 N–H and O–H groups in total. The molecule has 0 saturated carbocycles. The van der Waals surface area contributed by atoms with Crippen molar-refractivity contribution in [1.29, 1.82) is 0 Å². The highest BCUT2D eigenvalue weighted by molar-refractivity contribution is 5.80. The predicted octanol–water partition coefficient (Wildman–Crippen LogP) is 1.92. The molecule has 0 aliphatic carbocycles. The molecule has 1 aliphatic rings. The molecule has 0 fully saturated rings. The Morgan fingerprint density at radius 2 is 2.12 bits per heavy atom. The zero-order valence-electron chi connectivity index (χ0n) is 9.95. The van der Waals surface area contributed by atoms with Gasteiger partial charge in [0.25, 0.3) is 5.56 Å². The van der Waals surface area contributed by atoms with Crippen LogP contribution in [-0.2, 0) is 20.0 Å². The Kier molecular flexibility index (Phi) is 1.69. The first-order chi connectivity index (χ1) is 7.48.